The number of hydrogen-bond acceptors (Lipinski definition) is 1. The first-order valence-electron chi connectivity index (χ1n) is 5.73. The fraction of sp³-hybridized carbons (Fsp3) is 0.833. The summed E-state index contributed by atoms with van der Waals surface area (Å²) in [4.78, 5) is 0. The molecule has 3 aliphatic rings. The maximum atomic E-state index is 3.65. The lowest BCUT2D eigenvalue weighted by Gasteiger charge is -2.50. The Bertz CT molecular complexity index is 222. The van der Waals surface area contributed by atoms with Gasteiger partial charge in [0, 0.05) is 13.1 Å². The maximum Gasteiger partial charge on any atom is 0.00169 e. The Balaban J connectivity index is 2.02. The summed E-state index contributed by atoms with van der Waals surface area (Å²) in [5.41, 5.74) is 1.33. The SMILES string of the molecule is C1=CC[C@]23CCCC[C@@]2(C1)CNC3. The molecule has 0 aromatic heterocycles. The minimum atomic E-state index is 0.667. The van der Waals surface area contributed by atoms with E-state index in [-0.39, 0.29) is 0 Å². The van der Waals surface area contributed by atoms with Gasteiger partial charge in [-0.15, -0.1) is 0 Å². The van der Waals surface area contributed by atoms with E-state index in [1.54, 1.807) is 0 Å². The third-order valence-electron chi connectivity index (χ3n) is 4.80. The zero-order chi connectivity index (χ0) is 8.78. The summed E-state index contributed by atoms with van der Waals surface area (Å²) in [5.74, 6) is 0. The van der Waals surface area contributed by atoms with Crippen molar-refractivity contribution in [3.05, 3.63) is 12.2 Å². The van der Waals surface area contributed by atoms with Crippen LogP contribution in [0.4, 0.5) is 0 Å². The molecule has 1 heterocycles. The Labute approximate surface area is 80.6 Å². The zero-order valence-electron chi connectivity index (χ0n) is 8.31. The van der Waals surface area contributed by atoms with Crippen LogP contribution in [-0.4, -0.2) is 13.1 Å². The van der Waals surface area contributed by atoms with Crippen LogP contribution in [0, 0.1) is 10.8 Å². The molecule has 3 rings (SSSR count). The van der Waals surface area contributed by atoms with Crippen LogP contribution in [0.1, 0.15) is 38.5 Å². The topological polar surface area (TPSA) is 12.0 Å². The molecule has 0 spiro atoms. The molecule has 13 heavy (non-hydrogen) atoms. The molecule has 0 amide bonds. The highest BCUT2D eigenvalue weighted by Crippen LogP contribution is 2.58. The third-order valence-corrected chi connectivity index (χ3v) is 4.80. The lowest BCUT2D eigenvalue weighted by Crippen LogP contribution is -2.44. The lowest BCUT2D eigenvalue weighted by molar-refractivity contribution is 0.0342. The molecule has 0 aromatic rings. The summed E-state index contributed by atoms with van der Waals surface area (Å²) in [6.07, 6.45) is 13.4. The molecule has 2 atom stereocenters. The number of rotatable bonds is 0. The first kappa shape index (κ1) is 8.05. The van der Waals surface area contributed by atoms with Gasteiger partial charge in [0.2, 0.25) is 0 Å². The van der Waals surface area contributed by atoms with E-state index in [1.165, 1.54) is 51.6 Å². The lowest BCUT2D eigenvalue weighted by atomic mass is 9.53. The normalized spacial score (nSPS) is 48.6. The largest absolute Gasteiger partial charge is 0.316 e. The van der Waals surface area contributed by atoms with Gasteiger partial charge in [-0.25, -0.2) is 0 Å². The average molecular weight is 177 g/mol. The van der Waals surface area contributed by atoms with Gasteiger partial charge in [0.25, 0.3) is 0 Å². The second kappa shape index (κ2) is 2.60. The molecule has 0 radical (unpaired) electrons. The maximum absolute atomic E-state index is 3.65. The molecule has 2 aliphatic carbocycles. The van der Waals surface area contributed by atoms with E-state index >= 15 is 0 Å². The Morgan fingerprint density at radius 3 is 1.92 bits per heavy atom. The highest BCUT2D eigenvalue weighted by Gasteiger charge is 2.55. The van der Waals surface area contributed by atoms with Gasteiger partial charge in [-0.3, -0.25) is 0 Å². The van der Waals surface area contributed by atoms with Crippen LogP contribution in [0.15, 0.2) is 12.2 Å². The van der Waals surface area contributed by atoms with Crippen molar-refractivity contribution in [2.45, 2.75) is 38.5 Å². The van der Waals surface area contributed by atoms with E-state index in [4.69, 9.17) is 0 Å². The molecule has 1 saturated carbocycles. The van der Waals surface area contributed by atoms with Gasteiger partial charge in [0.15, 0.2) is 0 Å². The monoisotopic (exact) mass is 177 g/mol. The summed E-state index contributed by atoms with van der Waals surface area (Å²) >= 11 is 0. The molecule has 72 valence electrons. The van der Waals surface area contributed by atoms with Gasteiger partial charge >= 0.3 is 0 Å². The summed E-state index contributed by atoms with van der Waals surface area (Å²) in [6, 6.07) is 0. The van der Waals surface area contributed by atoms with Crippen molar-refractivity contribution in [1.29, 1.82) is 0 Å². The highest BCUT2D eigenvalue weighted by atomic mass is 15.0. The molecule has 1 heteroatoms. The van der Waals surface area contributed by atoms with Crippen molar-refractivity contribution in [3.63, 3.8) is 0 Å². The van der Waals surface area contributed by atoms with E-state index in [0.29, 0.717) is 10.8 Å². The summed E-state index contributed by atoms with van der Waals surface area (Å²) < 4.78 is 0. The van der Waals surface area contributed by atoms with Crippen molar-refractivity contribution < 1.29 is 0 Å². The number of hydrogen-bond donors (Lipinski definition) is 1. The molecule has 0 aromatic carbocycles. The fourth-order valence-corrected chi connectivity index (χ4v) is 3.95. The predicted octanol–water partition coefficient (Wildman–Crippen LogP) is 2.49. The predicted molar refractivity (Wildman–Crippen MR) is 54.6 cm³/mol. The molecular formula is C12H19N. The Morgan fingerprint density at radius 2 is 1.38 bits per heavy atom. The standard InChI is InChI=1S/C12H19N/c1-2-6-12-8-4-3-7-11(12,5-1)9-13-10-12/h1-2,13H,3-10H2/t11-,12+. The van der Waals surface area contributed by atoms with E-state index in [0.717, 1.165) is 0 Å². The third kappa shape index (κ3) is 0.914. The summed E-state index contributed by atoms with van der Waals surface area (Å²) in [5, 5.41) is 3.65. The summed E-state index contributed by atoms with van der Waals surface area (Å²) in [7, 11) is 0. The van der Waals surface area contributed by atoms with Crippen LogP contribution in [0.3, 0.4) is 0 Å². The van der Waals surface area contributed by atoms with Gasteiger partial charge < -0.3 is 5.32 Å². The van der Waals surface area contributed by atoms with Crippen molar-refractivity contribution in [2.24, 2.45) is 10.8 Å². The first-order chi connectivity index (χ1) is 6.37. The van der Waals surface area contributed by atoms with Crippen LogP contribution in [0.2, 0.25) is 0 Å². The molecule has 1 saturated heterocycles. The van der Waals surface area contributed by atoms with Gasteiger partial charge in [0.05, 0.1) is 0 Å². The van der Waals surface area contributed by atoms with Crippen molar-refractivity contribution in [3.8, 4) is 0 Å². The van der Waals surface area contributed by atoms with E-state index in [9.17, 15) is 0 Å². The number of allylic oxidation sites excluding steroid dienone is 2. The quantitative estimate of drug-likeness (QED) is 0.560. The summed E-state index contributed by atoms with van der Waals surface area (Å²) in [6.45, 7) is 2.58. The zero-order valence-corrected chi connectivity index (χ0v) is 8.31. The van der Waals surface area contributed by atoms with Gasteiger partial charge in [-0.1, -0.05) is 25.0 Å². The van der Waals surface area contributed by atoms with Gasteiger partial charge in [-0.05, 0) is 36.5 Å². The second-order valence-corrected chi connectivity index (χ2v) is 5.25. The van der Waals surface area contributed by atoms with Gasteiger partial charge in [-0.2, -0.15) is 0 Å². The molecular weight excluding hydrogens is 158 g/mol. The molecule has 1 nitrogen and oxygen atoms in total. The van der Waals surface area contributed by atoms with Crippen LogP contribution in [0.5, 0.6) is 0 Å². The van der Waals surface area contributed by atoms with E-state index < -0.39 is 0 Å². The second-order valence-electron chi connectivity index (χ2n) is 5.25. The van der Waals surface area contributed by atoms with E-state index in [2.05, 4.69) is 17.5 Å². The minimum absolute atomic E-state index is 0.667. The van der Waals surface area contributed by atoms with Crippen molar-refractivity contribution in [2.75, 3.05) is 13.1 Å². The molecule has 1 aliphatic heterocycles. The Kier molecular flexibility index (Phi) is 1.61. The fourth-order valence-electron chi connectivity index (χ4n) is 3.95. The van der Waals surface area contributed by atoms with E-state index in [1.807, 2.05) is 0 Å². The molecule has 0 bridgehead atoms. The van der Waals surface area contributed by atoms with Crippen LogP contribution >= 0.6 is 0 Å². The molecule has 1 N–H and O–H groups in total. The first-order valence-corrected chi connectivity index (χ1v) is 5.73. The van der Waals surface area contributed by atoms with Crippen LogP contribution in [-0.2, 0) is 0 Å². The van der Waals surface area contributed by atoms with Crippen LogP contribution < -0.4 is 5.32 Å². The molecule has 2 fully saturated rings. The van der Waals surface area contributed by atoms with Crippen molar-refractivity contribution in [1.82, 2.24) is 5.32 Å². The number of nitrogens with one attached hydrogen (secondary N) is 1. The Morgan fingerprint density at radius 1 is 0.846 bits per heavy atom. The Hall–Kier alpha value is -0.300. The van der Waals surface area contributed by atoms with Gasteiger partial charge in [0.1, 0.15) is 0 Å². The minimum Gasteiger partial charge on any atom is -0.316 e. The molecule has 0 unspecified atom stereocenters. The smallest absolute Gasteiger partial charge is 0.00169 e. The highest BCUT2D eigenvalue weighted by molar-refractivity contribution is 5.15. The van der Waals surface area contributed by atoms with Crippen molar-refractivity contribution >= 4 is 0 Å². The average Bonchev–Trinajstić information content (AvgIpc) is 2.56. The van der Waals surface area contributed by atoms with Crippen LogP contribution in [0.25, 0.3) is 0 Å².